The molecule has 1 atom stereocenters. The number of hydrogen-bond donors (Lipinski definition) is 0. The van der Waals surface area contributed by atoms with Gasteiger partial charge in [0.25, 0.3) is 11.8 Å². The van der Waals surface area contributed by atoms with E-state index in [1.165, 1.54) is 4.90 Å². The Bertz CT molecular complexity index is 426. The van der Waals surface area contributed by atoms with Crippen LogP contribution in [0.5, 0.6) is 0 Å². The van der Waals surface area contributed by atoms with Crippen molar-refractivity contribution in [1.29, 1.82) is 0 Å². The predicted octanol–water partition coefficient (Wildman–Crippen LogP) is 1.88. The molecule has 0 aromatic heterocycles. The van der Waals surface area contributed by atoms with E-state index in [1.807, 2.05) is 0 Å². The average Bonchev–Trinajstić information content (AvgIpc) is 2.56. The van der Waals surface area contributed by atoms with Crippen LogP contribution in [0, 0.1) is 0 Å². The van der Waals surface area contributed by atoms with E-state index in [-0.39, 0.29) is 30.5 Å². The number of nitrogens with zero attached hydrogens (tertiary/aromatic N) is 1. The molecule has 0 saturated heterocycles. The van der Waals surface area contributed by atoms with Crippen LogP contribution in [0.4, 0.5) is 0 Å². The molecular formula is C12H12ClNO3. The van der Waals surface area contributed by atoms with Crippen LogP contribution in [0.15, 0.2) is 24.3 Å². The summed E-state index contributed by atoms with van der Waals surface area (Å²) in [4.78, 5) is 25.1. The quantitative estimate of drug-likeness (QED) is 0.608. The van der Waals surface area contributed by atoms with Crippen molar-refractivity contribution in [2.24, 2.45) is 0 Å². The van der Waals surface area contributed by atoms with Crippen LogP contribution >= 0.6 is 11.6 Å². The zero-order chi connectivity index (χ0) is 12.4. The lowest BCUT2D eigenvalue weighted by molar-refractivity contribution is 0.0447. The van der Waals surface area contributed by atoms with Gasteiger partial charge in [0.05, 0.1) is 23.8 Å². The number of hydrogen-bond acceptors (Lipinski definition) is 3. The maximum Gasteiger partial charge on any atom is 0.261 e. The molecule has 0 N–H and O–H groups in total. The highest BCUT2D eigenvalue weighted by Gasteiger charge is 2.35. The highest BCUT2D eigenvalue weighted by atomic mass is 35.5. The van der Waals surface area contributed by atoms with E-state index in [4.69, 9.17) is 16.3 Å². The molecule has 0 radical (unpaired) electrons. The number of rotatable bonds is 4. The Labute approximate surface area is 104 Å². The van der Waals surface area contributed by atoms with E-state index >= 15 is 0 Å². The lowest BCUT2D eigenvalue weighted by Gasteiger charge is -2.18. The second kappa shape index (κ2) is 4.85. The Hall–Kier alpha value is -1.39. The van der Waals surface area contributed by atoms with Gasteiger partial charge >= 0.3 is 0 Å². The van der Waals surface area contributed by atoms with Crippen molar-refractivity contribution in [3.63, 3.8) is 0 Å². The van der Waals surface area contributed by atoms with E-state index in [0.717, 1.165) is 0 Å². The predicted molar refractivity (Wildman–Crippen MR) is 63.1 cm³/mol. The van der Waals surface area contributed by atoms with Crippen molar-refractivity contribution < 1.29 is 14.3 Å². The lowest BCUT2D eigenvalue weighted by atomic mass is 10.1. The van der Waals surface area contributed by atoms with E-state index in [1.54, 1.807) is 31.2 Å². The molecule has 0 saturated carbocycles. The van der Waals surface area contributed by atoms with Gasteiger partial charge in [-0.05, 0) is 19.1 Å². The van der Waals surface area contributed by atoms with E-state index in [0.29, 0.717) is 11.1 Å². The topological polar surface area (TPSA) is 46.6 Å². The first-order chi connectivity index (χ1) is 8.15. The first kappa shape index (κ1) is 12.1. The molecule has 1 unspecified atom stereocenters. The lowest BCUT2D eigenvalue weighted by Crippen LogP contribution is -2.36. The fourth-order valence-electron chi connectivity index (χ4n) is 1.82. The number of benzene rings is 1. The van der Waals surface area contributed by atoms with Crippen molar-refractivity contribution in [1.82, 2.24) is 4.90 Å². The Morgan fingerprint density at radius 2 is 1.76 bits per heavy atom. The number of alkyl halides is 1. The monoisotopic (exact) mass is 253 g/mol. The van der Waals surface area contributed by atoms with Crippen LogP contribution in [0.25, 0.3) is 0 Å². The van der Waals surface area contributed by atoms with Crippen molar-refractivity contribution in [2.45, 2.75) is 13.0 Å². The zero-order valence-corrected chi connectivity index (χ0v) is 10.1. The van der Waals surface area contributed by atoms with Gasteiger partial charge in [0, 0.05) is 0 Å². The second-order valence-electron chi connectivity index (χ2n) is 3.85. The van der Waals surface area contributed by atoms with Crippen molar-refractivity contribution in [3.8, 4) is 0 Å². The van der Waals surface area contributed by atoms with Crippen molar-refractivity contribution in [3.05, 3.63) is 35.4 Å². The maximum absolute atomic E-state index is 12.0. The third-order valence-electron chi connectivity index (χ3n) is 2.67. The Morgan fingerprint density at radius 3 is 2.24 bits per heavy atom. The number of ether oxygens (including phenoxy) is 1. The molecule has 2 amide bonds. The number of halogens is 1. The van der Waals surface area contributed by atoms with Gasteiger partial charge < -0.3 is 4.74 Å². The first-order valence-electron chi connectivity index (χ1n) is 5.28. The van der Waals surface area contributed by atoms with Gasteiger partial charge in [0.15, 0.2) is 0 Å². The Kier molecular flexibility index (Phi) is 3.45. The molecule has 1 aliphatic heterocycles. The molecule has 1 heterocycles. The summed E-state index contributed by atoms with van der Waals surface area (Å²) in [5, 5.41) is 0. The number of fused-ring (bicyclic) bond motifs is 1. The van der Waals surface area contributed by atoms with Gasteiger partial charge in [0.1, 0.15) is 6.07 Å². The summed E-state index contributed by atoms with van der Waals surface area (Å²) in [5.41, 5.74) is 0.908. The van der Waals surface area contributed by atoms with Gasteiger partial charge in [-0.3, -0.25) is 14.5 Å². The summed E-state index contributed by atoms with van der Waals surface area (Å²) < 4.78 is 5.12. The summed E-state index contributed by atoms with van der Waals surface area (Å²) in [6.45, 7) is 1.99. The van der Waals surface area contributed by atoms with Gasteiger partial charge in [-0.25, -0.2) is 0 Å². The van der Waals surface area contributed by atoms with Crippen LogP contribution in [0.1, 0.15) is 27.6 Å². The summed E-state index contributed by atoms with van der Waals surface area (Å²) in [5.74, 6) is -0.536. The SMILES string of the molecule is CC(CN1C(=O)c2ccccc2C1=O)OCCl. The molecule has 1 aromatic rings. The van der Waals surface area contributed by atoms with Crippen molar-refractivity contribution >= 4 is 23.4 Å². The number of imide groups is 1. The fourth-order valence-corrected chi connectivity index (χ4v) is 2.04. The standard InChI is InChI=1S/C12H12ClNO3/c1-8(17-7-13)6-14-11(15)9-4-2-3-5-10(9)12(14)16/h2-5,8H,6-7H2,1H3. The molecule has 1 aliphatic rings. The van der Waals surface area contributed by atoms with Crippen LogP contribution in [-0.4, -0.2) is 35.4 Å². The maximum atomic E-state index is 12.0. The number of carbonyl (C=O) groups is 2. The van der Waals surface area contributed by atoms with Gasteiger partial charge in [-0.15, -0.1) is 0 Å². The molecule has 90 valence electrons. The first-order valence-corrected chi connectivity index (χ1v) is 5.81. The molecule has 2 rings (SSSR count). The zero-order valence-electron chi connectivity index (χ0n) is 9.35. The molecule has 5 heteroatoms. The highest BCUT2D eigenvalue weighted by Crippen LogP contribution is 2.22. The van der Waals surface area contributed by atoms with E-state index < -0.39 is 0 Å². The smallest absolute Gasteiger partial charge is 0.261 e. The van der Waals surface area contributed by atoms with Crippen LogP contribution in [-0.2, 0) is 4.74 Å². The summed E-state index contributed by atoms with van der Waals surface area (Å²) in [6.07, 6.45) is -0.269. The third kappa shape index (κ3) is 2.18. The minimum absolute atomic E-state index is 0.0460. The Balaban J connectivity index is 2.19. The van der Waals surface area contributed by atoms with Crippen molar-refractivity contribution in [2.75, 3.05) is 12.6 Å². The largest absolute Gasteiger partial charge is 0.361 e. The summed E-state index contributed by atoms with van der Waals surface area (Å²) in [6, 6.07) is 6.84. The fraction of sp³-hybridized carbons (Fsp3) is 0.333. The minimum atomic E-state index is -0.269. The van der Waals surface area contributed by atoms with E-state index in [9.17, 15) is 9.59 Å². The average molecular weight is 254 g/mol. The van der Waals surface area contributed by atoms with Gasteiger partial charge in [0.2, 0.25) is 0 Å². The summed E-state index contributed by atoms with van der Waals surface area (Å²) >= 11 is 5.43. The molecule has 0 bridgehead atoms. The highest BCUT2D eigenvalue weighted by molar-refractivity contribution is 6.21. The molecule has 17 heavy (non-hydrogen) atoms. The molecule has 1 aromatic carbocycles. The summed E-state index contributed by atoms with van der Waals surface area (Å²) in [7, 11) is 0. The second-order valence-corrected chi connectivity index (χ2v) is 4.07. The van der Waals surface area contributed by atoms with Crippen LogP contribution in [0.3, 0.4) is 0 Å². The minimum Gasteiger partial charge on any atom is -0.361 e. The molecule has 4 nitrogen and oxygen atoms in total. The molecular weight excluding hydrogens is 242 g/mol. The molecule has 0 spiro atoms. The molecule has 0 fully saturated rings. The third-order valence-corrected chi connectivity index (χ3v) is 2.79. The van der Waals surface area contributed by atoms with Crippen LogP contribution in [0.2, 0.25) is 0 Å². The molecule has 0 aliphatic carbocycles. The van der Waals surface area contributed by atoms with Gasteiger partial charge in [-0.1, -0.05) is 23.7 Å². The normalized spacial score (nSPS) is 16.2. The van der Waals surface area contributed by atoms with Crippen LogP contribution < -0.4 is 0 Å². The number of carbonyl (C=O) groups excluding carboxylic acids is 2. The number of amides is 2. The Morgan fingerprint density at radius 1 is 1.24 bits per heavy atom. The van der Waals surface area contributed by atoms with E-state index in [2.05, 4.69) is 0 Å². The van der Waals surface area contributed by atoms with Gasteiger partial charge in [-0.2, -0.15) is 0 Å².